The monoisotopic (exact) mass is 253 g/mol. The minimum Gasteiger partial charge on any atom is -0.345 e. The molecule has 0 unspecified atom stereocenters. The fourth-order valence-corrected chi connectivity index (χ4v) is 2.32. The average molecular weight is 253 g/mol. The van der Waals surface area contributed by atoms with Crippen molar-refractivity contribution >= 4 is 11.4 Å². The molecule has 19 heavy (non-hydrogen) atoms. The predicted octanol–water partition coefficient (Wildman–Crippen LogP) is 4.94. The molecule has 2 aromatic rings. The molecule has 0 amide bonds. The van der Waals surface area contributed by atoms with Gasteiger partial charge in [0.1, 0.15) is 0 Å². The number of nitrogens with zero attached hydrogens (tertiary/aromatic N) is 1. The van der Waals surface area contributed by atoms with Gasteiger partial charge >= 0.3 is 0 Å². The molecule has 0 radical (unpaired) electrons. The van der Waals surface area contributed by atoms with Gasteiger partial charge in [0.15, 0.2) is 0 Å². The van der Waals surface area contributed by atoms with Gasteiger partial charge in [-0.1, -0.05) is 19.1 Å². The van der Waals surface area contributed by atoms with E-state index in [0.717, 1.165) is 6.42 Å². The van der Waals surface area contributed by atoms with Crippen LogP contribution in [0.4, 0.5) is 11.4 Å². The Labute approximate surface area is 116 Å². The van der Waals surface area contributed by atoms with E-state index in [9.17, 15) is 0 Å². The van der Waals surface area contributed by atoms with E-state index in [0.29, 0.717) is 0 Å². The second-order valence-electron chi connectivity index (χ2n) is 5.36. The number of anilines is 2. The highest BCUT2D eigenvalue weighted by Gasteiger charge is 2.06. The third-order valence-corrected chi connectivity index (χ3v) is 3.80. The van der Waals surface area contributed by atoms with Gasteiger partial charge in [0.25, 0.3) is 0 Å². The first-order chi connectivity index (χ1) is 9.01. The van der Waals surface area contributed by atoms with Gasteiger partial charge in [-0.05, 0) is 73.7 Å². The highest BCUT2D eigenvalue weighted by molar-refractivity contribution is 5.65. The zero-order valence-electron chi connectivity index (χ0n) is 12.6. The van der Waals surface area contributed by atoms with Crippen LogP contribution in [0.3, 0.4) is 0 Å². The minimum atomic E-state index is 1.08. The van der Waals surface area contributed by atoms with Gasteiger partial charge in [-0.15, -0.1) is 0 Å². The van der Waals surface area contributed by atoms with E-state index in [2.05, 4.69) is 76.0 Å². The van der Waals surface area contributed by atoms with E-state index in [1.807, 2.05) is 0 Å². The smallest absolute Gasteiger partial charge is 0.0413 e. The zero-order valence-corrected chi connectivity index (χ0v) is 12.6. The topological polar surface area (TPSA) is 3.24 Å². The second-order valence-corrected chi connectivity index (χ2v) is 5.36. The summed E-state index contributed by atoms with van der Waals surface area (Å²) in [5.74, 6) is 0. The van der Waals surface area contributed by atoms with Crippen LogP contribution in [0.25, 0.3) is 0 Å². The molecular formula is C18H23N. The Morgan fingerprint density at radius 3 is 2.21 bits per heavy atom. The van der Waals surface area contributed by atoms with Crippen molar-refractivity contribution in [3.63, 3.8) is 0 Å². The SMILES string of the molecule is CCc1cc(C)cc(N(C)c2ccc(C)c(C)c2)c1. The number of rotatable bonds is 3. The molecule has 0 atom stereocenters. The second kappa shape index (κ2) is 5.48. The normalized spacial score (nSPS) is 10.6. The molecule has 0 N–H and O–H groups in total. The summed E-state index contributed by atoms with van der Waals surface area (Å²) < 4.78 is 0. The summed E-state index contributed by atoms with van der Waals surface area (Å²) >= 11 is 0. The van der Waals surface area contributed by atoms with Crippen LogP contribution >= 0.6 is 0 Å². The standard InChI is InChI=1S/C18H23N/c1-6-16-9-13(2)10-18(12-16)19(5)17-8-7-14(3)15(4)11-17/h7-12H,6H2,1-5H3. The number of hydrogen-bond acceptors (Lipinski definition) is 1. The van der Waals surface area contributed by atoms with Crippen LogP contribution in [-0.4, -0.2) is 7.05 Å². The molecule has 0 saturated carbocycles. The zero-order chi connectivity index (χ0) is 14.0. The van der Waals surface area contributed by atoms with E-state index in [-0.39, 0.29) is 0 Å². The molecule has 0 aliphatic carbocycles. The molecule has 0 saturated heterocycles. The molecule has 0 aliphatic heterocycles. The van der Waals surface area contributed by atoms with Gasteiger partial charge < -0.3 is 4.90 Å². The van der Waals surface area contributed by atoms with Gasteiger partial charge in [0, 0.05) is 18.4 Å². The summed E-state index contributed by atoms with van der Waals surface area (Å²) in [4.78, 5) is 2.26. The first-order valence-corrected chi connectivity index (χ1v) is 6.93. The van der Waals surface area contributed by atoms with Crippen molar-refractivity contribution in [2.75, 3.05) is 11.9 Å². The molecule has 0 aromatic heterocycles. The Morgan fingerprint density at radius 2 is 1.58 bits per heavy atom. The van der Waals surface area contributed by atoms with Crippen molar-refractivity contribution in [3.05, 3.63) is 58.7 Å². The van der Waals surface area contributed by atoms with Gasteiger partial charge in [-0.3, -0.25) is 0 Å². The van der Waals surface area contributed by atoms with Gasteiger partial charge in [0.05, 0.1) is 0 Å². The van der Waals surface area contributed by atoms with Crippen molar-refractivity contribution < 1.29 is 0 Å². The van der Waals surface area contributed by atoms with Crippen LogP contribution in [0, 0.1) is 20.8 Å². The van der Waals surface area contributed by atoms with Gasteiger partial charge in [0.2, 0.25) is 0 Å². The molecule has 1 nitrogen and oxygen atoms in total. The van der Waals surface area contributed by atoms with Crippen molar-refractivity contribution in [2.24, 2.45) is 0 Å². The van der Waals surface area contributed by atoms with Crippen LogP contribution in [0.5, 0.6) is 0 Å². The van der Waals surface area contributed by atoms with E-state index in [1.54, 1.807) is 0 Å². The van der Waals surface area contributed by atoms with Crippen LogP contribution in [-0.2, 0) is 6.42 Å². The molecule has 1 heteroatoms. The van der Waals surface area contributed by atoms with Crippen LogP contribution in [0.2, 0.25) is 0 Å². The minimum absolute atomic E-state index is 1.08. The molecule has 0 spiro atoms. The van der Waals surface area contributed by atoms with Crippen molar-refractivity contribution in [2.45, 2.75) is 34.1 Å². The highest BCUT2D eigenvalue weighted by atomic mass is 15.1. The third kappa shape index (κ3) is 2.98. The van der Waals surface area contributed by atoms with Crippen molar-refractivity contribution in [1.82, 2.24) is 0 Å². The lowest BCUT2D eigenvalue weighted by Crippen LogP contribution is -2.10. The number of hydrogen-bond donors (Lipinski definition) is 0. The Balaban J connectivity index is 2.40. The van der Waals surface area contributed by atoms with E-state index >= 15 is 0 Å². The first-order valence-electron chi connectivity index (χ1n) is 6.93. The van der Waals surface area contributed by atoms with Crippen LogP contribution in [0.15, 0.2) is 36.4 Å². The maximum atomic E-state index is 2.28. The maximum absolute atomic E-state index is 2.28. The van der Waals surface area contributed by atoms with Gasteiger partial charge in [-0.25, -0.2) is 0 Å². The molecular weight excluding hydrogens is 230 g/mol. The predicted molar refractivity (Wildman–Crippen MR) is 84.5 cm³/mol. The van der Waals surface area contributed by atoms with E-state index in [4.69, 9.17) is 0 Å². The Kier molecular flexibility index (Phi) is 3.94. The Bertz CT molecular complexity index is 584. The molecule has 0 heterocycles. The summed E-state index contributed by atoms with van der Waals surface area (Å²) in [5, 5.41) is 0. The molecule has 0 fully saturated rings. The molecule has 2 rings (SSSR count). The molecule has 0 aliphatic rings. The number of aryl methyl sites for hydroxylation is 4. The highest BCUT2D eigenvalue weighted by Crippen LogP contribution is 2.27. The summed E-state index contributed by atoms with van der Waals surface area (Å²) in [6, 6.07) is 13.4. The average Bonchev–Trinajstić information content (AvgIpc) is 2.40. The molecule has 0 bridgehead atoms. The molecule has 100 valence electrons. The third-order valence-electron chi connectivity index (χ3n) is 3.80. The van der Waals surface area contributed by atoms with Crippen LogP contribution in [0.1, 0.15) is 29.2 Å². The van der Waals surface area contributed by atoms with Crippen molar-refractivity contribution in [3.8, 4) is 0 Å². The quantitative estimate of drug-likeness (QED) is 0.748. The maximum Gasteiger partial charge on any atom is 0.0413 e. The fraction of sp³-hybridized carbons (Fsp3) is 0.333. The Hall–Kier alpha value is -1.76. The Morgan fingerprint density at radius 1 is 0.842 bits per heavy atom. The molecule has 2 aromatic carbocycles. The fourth-order valence-electron chi connectivity index (χ4n) is 2.32. The summed E-state index contributed by atoms with van der Waals surface area (Å²) in [6.07, 6.45) is 1.08. The van der Waals surface area contributed by atoms with Crippen molar-refractivity contribution in [1.29, 1.82) is 0 Å². The van der Waals surface area contributed by atoms with E-state index in [1.165, 1.54) is 33.6 Å². The van der Waals surface area contributed by atoms with E-state index < -0.39 is 0 Å². The van der Waals surface area contributed by atoms with Crippen LogP contribution < -0.4 is 4.90 Å². The summed E-state index contributed by atoms with van der Waals surface area (Å²) in [6.45, 7) is 8.69. The lowest BCUT2D eigenvalue weighted by atomic mass is 10.1. The van der Waals surface area contributed by atoms with Gasteiger partial charge in [-0.2, -0.15) is 0 Å². The summed E-state index contributed by atoms with van der Waals surface area (Å²) in [5.41, 5.74) is 7.91. The lowest BCUT2D eigenvalue weighted by molar-refractivity contribution is 1.11. The lowest BCUT2D eigenvalue weighted by Gasteiger charge is -2.22. The summed E-state index contributed by atoms with van der Waals surface area (Å²) in [7, 11) is 2.14. The number of benzene rings is 2. The largest absolute Gasteiger partial charge is 0.345 e. The first kappa shape index (κ1) is 13.7.